The van der Waals surface area contributed by atoms with E-state index in [1.54, 1.807) is 0 Å². The smallest absolute Gasteiger partial charge is 0.293 e. The van der Waals surface area contributed by atoms with Crippen LogP contribution in [0.15, 0.2) is 16.6 Å². The molecule has 0 aliphatic rings. The molecular weight excluding hydrogens is 303 g/mol. The molecule has 0 bridgehead atoms. The molecule has 0 aliphatic carbocycles. The number of hydrogen-bond acceptors (Lipinski definition) is 3. The van der Waals surface area contributed by atoms with Gasteiger partial charge < -0.3 is 5.32 Å². The quantitative estimate of drug-likeness (QED) is 0.621. The number of nitro benzene ring substituents is 1. The summed E-state index contributed by atoms with van der Waals surface area (Å²) in [6.45, 7) is 4.04. The van der Waals surface area contributed by atoms with E-state index in [2.05, 4.69) is 21.2 Å². The SMILES string of the molecule is CCCC(CC)Nc1cc(F)c(Br)cc1[N+](=O)[O-]. The van der Waals surface area contributed by atoms with E-state index in [4.69, 9.17) is 0 Å². The molecule has 0 fully saturated rings. The fraction of sp³-hybridized carbons (Fsp3) is 0.500. The van der Waals surface area contributed by atoms with Crippen molar-refractivity contribution in [3.05, 3.63) is 32.5 Å². The Morgan fingerprint density at radius 1 is 1.50 bits per heavy atom. The minimum atomic E-state index is -0.509. The predicted molar refractivity (Wildman–Crippen MR) is 73.4 cm³/mol. The highest BCUT2D eigenvalue weighted by Crippen LogP contribution is 2.31. The first-order valence-electron chi connectivity index (χ1n) is 5.89. The van der Waals surface area contributed by atoms with Crippen LogP contribution in [0.5, 0.6) is 0 Å². The van der Waals surface area contributed by atoms with Gasteiger partial charge in [-0.3, -0.25) is 10.1 Å². The molecule has 0 amide bonds. The Kier molecular flexibility index (Phi) is 5.53. The van der Waals surface area contributed by atoms with Crippen molar-refractivity contribution in [2.45, 2.75) is 39.2 Å². The van der Waals surface area contributed by atoms with Gasteiger partial charge in [0.2, 0.25) is 0 Å². The molecule has 4 nitrogen and oxygen atoms in total. The second-order valence-corrected chi connectivity index (χ2v) is 4.93. The fourth-order valence-electron chi connectivity index (χ4n) is 1.75. The summed E-state index contributed by atoms with van der Waals surface area (Å²) in [5, 5.41) is 14.0. The van der Waals surface area contributed by atoms with Crippen molar-refractivity contribution >= 4 is 27.3 Å². The van der Waals surface area contributed by atoms with Crippen molar-refractivity contribution in [3.63, 3.8) is 0 Å². The summed E-state index contributed by atoms with van der Waals surface area (Å²) >= 11 is 2.96. The summed E-state index contributed by atoms with van der Waals surface area (Å²) in [5.41, 5.74) is 0.124. The van der Waals surface area contributed by atoms with Crippen molar-refractivity contribution in [3.8, 4) is 0 Å². The maximum absolute atomic E-state index is 13.5. The van der Waals surface area contributed by atoms with Crippen LogP contribution in [-0.4, -0.2) is 11.0 Å². The molecule has 1 rings (SSSR count). The molecule has 0 radical (unpaired) electrons. The lowest BCUT2D eigenvalue weighted by atomic mass is 10.1. The molecule has 6 heteroatoms. The lowest BCUT2D eigenvalue weighted by molar-refractivity contribution is -0.384. The van der Waals surface area contributed by atoms with E-state index >= 15 is 0 Å². The van der Waals surface area contributed by atoms with Gasteiger partial charge >= 0.3 is 0 Å². The molecule has 0 aliphatic heterocycles. The summed E-state index contributed by atoms with van der Waals surface area (Å²) in [6, 6.07) is 2.48. The minimum absolute atomic E-state index is 0.100. The molecule has 0 spiro atoms. The van der Waals surface area contributed by atoms with Gasteiger partial charge in [-0.05, 0) is 28.8 Å². The van der Waals surface area contributed by atoms with E-state index in [-0.39, 0.29) is 21.9 Å². The van der Waals surface area contributed by atoms with Crippen molar-refractivity contribution in [1.82, 2.24) is 0 Å². The van der Waals surface area contributed by atoms with Crippen LogP contribution in [0.1, 0.15) is 33.1 Å². The number of halogens is 2. The third kappa shape index (κ3) is 3.66. The third-order valence-electron chi connectivity index (χ3n) is 2.72. The van der Waals surface area contributed by atoms with Crippen LogP contribution >= 0.6 is 15.9 Å². The number of nitrogens with zero attached hydrogens (tertiary/aromatic N) is 1. The molecular formula is C12H16BrFN2O2. The monoisotopic (exact) mass is 318 g/mol. The second-order valence-electron chi connectivity index (χ2n) is 4.08. The van der Waals surface area contributed by atoms with Gasteiger partial charge in [0.1, 0.15) is 11.5 Å². The zero-order valence-electron chi connectivity index (χ0n) is 10.4. The minimum Gasteiger partial charge on any atom is -0.377 e. The van der Waals surface area contributed by atoms with Crippen LogP contribution in [-0.2, 0) is 0 Å². The van der Waals surface area contributed by atoms with Gasteiger partial charge in [-0.2, -0.15) is 0 Å². The molecule has 18 heavy (non-hydrogen) atoms. The molecule has 0 aromatic heterocycles. The van der Waals surface area contributed by atoms with Crippen LogP contribution in [0.3, 0.4) is 0 Å². The van der Waals surface area contributed by atoms with E-state index in [0.717, 1.165) is 19.3 Å². The van der Waals surface area contributed by atoms with Gasteiger partial charge in [-0.1, -0.05) is 20.3 Å². The van der Waals surface area contributed by atoms with Crippen LogP contribution in [0.25, 0.3) is 0 Å². The normalized spacial score (nSPS) is 12.2. The van der Waals surface area contributed by atoms with E-state index in [1.807, 2.05) is 13.8 Å². The number of hydrogen-bond donors (Lipinski definition) is 1. The molecule has 0 saturated carbocycles. The summed E-state index contributed by atoms with van der Waals surface area (Å²) in [5.74, 6) is -0.505. The second kappa shape index (κ2) is 6.68. The third-order valence-corrected chi connectivity index (χ3v) is 3.33. The van der Waals surface area contributed by atoms with Crippen LogP contribution in [0, 0.1) is 15.9 Å². The van der Waals surface area contributed by atoms with Gasteiger partial charge in [0.15, 0.2) is 0 Å². The van der Waals surface area contributed by atoms with E-state index < -0.39 is 10.7 Å². The maximum atomic E-state index is 13.5. The van der Waals surface area contributed by atoms with Gasteiger partial charge in [0, 0.05) is 18.2 Å². The van der Waals surface area contributed by atoms with Crippen LogP contribution in [0.2, 0.25) is 0 Å². The van der Waals surface area contributed by atoms with Gasteiger partial charge in [-0.15, -0.1) is 0 Å². The molecule has 100 valence electrons. The van der Waals surface area contributed by atoms with E-state index in [0.29, 0.717) is 0 Å². The summed E-state index contributed by atoms with van der Waals surface area (Å²) in [6.07, 6.45) is 2.70. The number of nitrogens with one attached hydrogen (secondary N) is 1. The Morgan fingerprint density at radius 2 is 2.17 bits per heavy atom. The van der Waals surface area contributed by atoms with Gasteiger partial charge in [0.05, 0.1) is 9.40 Å². The Balaban J connectivity index is 3.06. The van der Waals surface area contributed by atoms with Crippen molar-refractivity contribution in [1.29, 1.82) is 0 Å². The lowest BCUT2D eigenvalue weighted by Crippen LogP contribution is -2.18. The van der Waals surface area contributed by atoms with E-state index in [9.17, 15) is 14.5 Å². The average molecular weight is 319 g/mol. The topological polar surface area (TPSA) is 55.2 Å². The Morgan fingerprint density at radius 3 is 2.67 bits per heavy atom. The maximum Gasteiger partial charge on any atom is 0.293 e. The highest BCUT2D eigenvalue weighted by atomic mass is 79.9. The fourth-order valence-corrected chi connectivity index (χ4v) is 2.08. The highest BCUT2D eigenvalue weighted by molar-refractivity contribution is 9.10. The Hall–Kier alpha value is -1.17. The van der Waals surface area contributed by atoms with Crippen molar-refractivity contribution in [2.24, 2.45) is 0 Å². The average Bonchev–Trinajstić information content (AvgIpc) is 2.32. The first-order chi connectivity index (χ1) is 8.49. The number of benzene rings is 1. The molecule has 0 heterocycles. The predicted octanol–water partition coefficient (Wildman–Crippen LogP) is 4.49. The van der Waals surface area contributed by atoms with E-state index in [1.165, 1.54) is 12.1 Å². The lowest BCUT2D eigenvalue weighted by Gasteiger charge is -2.17. The molecule has 1 N–H and O–H groups in total. The molecule has 0 saturated heterocycles. The van der Waals surface area contributed by atoms with Crippen molar-refractivity contribution in [2.75, 3.05) is 5.32 Å². The number of rotatable bonds is 6. The highest BCUT2D eigenvalue weighted by Gasteiger charge is 2.19. The first-order valence-corrected chi connectivity index (χ1v) is 6.68. The molecule has 1 atom stereocenters. The first kappa shape index (κ1) is 14.9. The summed E-state index contributed by atoms with van der Waals surface area (Å²) < 4.78 is 13.6. The zero-order valence-corrected chi connectivity index (χ0v) is 12.0. The number of anilines is 1. The van der Waals surface area contributed by atoms with Crippen LogP contribution in [0.4, 0.5) is 15.8 Å². The zero-order chi connectivity index (χ0) is 13.7. The van der Waals surface area contributed by atoms with Crippen molar-refractivity contribution < 1.29 is 9.31 Å². The Bertz CT molecular complexity index is 440. The largest absolute Gasteiger partial charge is 0.377 e. The molecule has 1 aromatic carbocycles. The summed E-state index contributed by atoms with van der Waals surface area (Å²) in [4.78, 5) is 10.4. The summed E-state index contributed by atoms with van der Waals surface area (Å²) in [7, 11) is 0. The Labute approximate surface area is 114 Å². The standard InChI is InChI=1S/C12H16BrFN2O2/c1-3-5-8(4-2)15-11-7-10(14)9(13)6-12(11)16(17)18/h6-8,15H,3-5H2,1-2H3. The molecule has 1 unspecified atom stereocenters. The number of nitro groups is 1. The van der Waals surface area contributed by atoms with Gasteiger partial charge in [0.25, 0.3) is 5.69 Å². The molecule has 1 aromatic rings. The van der Waals surface area contributed by atoms with Crippen LogP contribution < -0.4 is 5.32 Å². The van der Waals surface area contributed by atoms with Gasteiger partial charge in [-0.25, -0.2) is 4.39 Å².